The van der Waals surface area contributed by atoms with Crippen molar-refractivity contribution in [2.24, 2.45) is 5.92 Å². The quantitative estimate of drug-likeness (QED) is 0.814. The number of hydrogen-bond acceptors (Lipinski definition) is 2. The lowest BCUT2D eigenvalue weighted by Gasteiger charge is -2.07. The molecule has 0 amide bonds. The Kier molecular flexibility index (Phi) is 3.70. The Bertz CT molecular complexity index is 555. The molecule has 1 aromatic carbocycles. The van der Waals surface area contributed by atoms with Crippen molar-refractivity contribution in [3.05, 3.63) is 30.0 Å². The van der Waals surface area contributed by atoms with E-state index in [1.807, 2.05) is 25.1 Å². The first-order valence-electron chi connectivity index (χ1n) is 6.39. The van der Waals surface area contributed by atoms with Gasteiger partial charge in [-0.2, -0.15) is 0 Å². The van der Waals surface area contributed by atoms with E-state index in [-0.39, 0.29) is 5.78 Å². The lowest BCUT2D eigenvalue weighted by molar-refractivity contribution is 0.0969. The molecule has 0 spiro atoms. The molecule has 0 atom stereocenters. The fourth-order valence-electron chi connectivity index (χ4n) is 2.13. The van der Waals surface area contributed by atoms with Crippen molar-refractivity contribution in [1.29, 1.82) is 0 Å². The Labute approximate surface area is 107 Å². The van der Waals surface area contributed by atoms with Crippen LogP contribution in [0.1, 0.15) is 37.6 Å². The van der Waals surface area contributed by atoms with Gasteiger partial charge in [-0.3, -0.25) is 4.79 Å². The second-order valence-corrected chi connectivity index (χ2v) is 4.84. The summed E-state index contributed by atoms with van der Waals surface area (Å²) in [5, 5.41) is 0.907. The predicted octanol–water partition coefficient (Wildman–Crippen LogP) is 3.80. The van der Waals surface area contributed by atoms with Gasteiger partial charge in [0.25, 0.3) is 0 Å². The van der Waals surface area contributed by atoms with Crippen molar-refractivity contribution >= 4 is 16.7 Å². The van der Waals surface area contributed by atoms with Gasteiger partial charge in [0, 0.05) is 23.7 Å². The van der Waals surface area contributed by atoms with Crippen molar-refractivity contribution < 1.29 is 9.53 Å². The summed E-state index contributed by atoms with van der Waals surface area (Å²) in [5.74, 6) is 1.31. The average molecular weight is 245 g/mol. The van der Waals surface area contributed by atoms with Gasteiger partial charge in [-0.25, -0.2) is 0 Å². The highest BCUT2D eigenvalue weighted by Gasteiger charge is 2.16. The van der Waals surface area contributed by atoms with E-state index in [9.17, 15) is 4.79 Å². The molecule has 1 aromatic heterocycles. The van der Waals surface area contributed by atoms with Crippen LogP contribution in [0.2, 0.25) is 0 Å². The molecule has 2 aromatic rings. The number of ether oxygens (including phenoxy) is 1. The molecule has 0 bridgehead atoms. The van der Waals surface area contributed by atoms with E-state index in [0.29, 0.717) is 18.9 Å². The van der Waals surface area contributed by atoms with Crippen molar-refractivity contribution in [1.82, 2.24) is 4.98 Å². The largest absolute Gasteiger partial charge is 0.493 e. The number of fused-ring (bicyclic) bond motifs is 1. The molecule has 0 saturated carbocycles. The van der Waals surface area contributed by atoms with Crippen LogP contribution in [0.4, 0.5) is 0 Å². The highest BCUT2D eigenvalue weighted by molar-refractivity contribution is 6.10. The minimum atomic E-state index is 0.170. The monoisotopic (exact) mass is 245 g/mol. The zero-order chi connectivity index (χ0) is 13.1. The highest BCUT2D eigenvalue weighted by Crippen LogP contribution is 2.30. The Balaban J connectivity index is 2.48. The number of Topliss-reactive ketones (excluding diaryl/α,β-unsaturated/α-hetero) is 1. The Morgan fingerprint density at radius 2 is 2.17 bits per heavy atom. The number of aromatic amines is 1. The fourth-order valence-corrected chi connectivity index (χ4v) is 2.13. The molecule has 0 unspecified atom stereocenters. The van der Waals surface area contributed by atoms with Crippen LogP contribution in [0, 0.1) is 5.92 Å². The maximum absolute atomic E-state index is 12.2. The van der Waals surface area contributed by atoms with E-state index in [1.54, 1.807) is 6.20 Å². The molecule has 0 aliphatic heterocycles. The molecular weight excluding hydrogens is 226 g/mol. The molecule has 0 aliphatic rings. The van der Waals surface area contributed by atoms with Crippen molar-refractivity contribution in [2.45, 2.75) is 27.2 Å². The SMILES string of the molecule is CCOc1cccc2[nH]cc(C(=O)CC(C)C)c12. The minimum absolute atomic E-state index is 0.170. The third kappa shape index (κ3) is 2.40. The molecule has 96 valence electrons. The maximum atomic E-state index is 12.2. The Morgan fingerprint density at radius 3 is 2.83 bits per heavy atom. The molecular formula is C15H19NO2. The first-order chi connectivity index (χ1) is 8.63. The van der Waals surface area contributed by atoms with Crippen molar-refractivity contribution in [3.63, 3.8) is 0 Å². The lowest BCUT2D eigenvalue weighted by Crippen LogP contribution is -2.03. The van der Waals surface area contributed by atoms with Crippen LogP contribution in [0.15, 0.2) is 24.4 Å². The first-order valence-corrected chi connectivity index (χ1v) is 6.39. The summed E-state index contributed by atoms with van der Waals surface area (Å²) in [5.41, 5.74) is 1.69. The van der Waals surface area contributed by atoms with Gasteiger partial charge in [0.1, 0.15) is 5.75 Å². The molecule has 0 saturated heterocycles. The minimum Gasteiger partial charge on any atom is -0.493 e. The zero-order valence-corrected chi connectivity index (χ0v) is 11.1. The Hall–Kier alpha value is -1.77. The second-order valence-electron chi connectivity index (χ2n) is 4.84. The molecule has 1 N–H and O–H groups in total. The van der Waals surface area contributed by atoms with E-state index in [4.69, 9.17) is 4.74 Å². The smallest absolute Gasteiger partial charge is 0.165 e. The van der Waals surface area contributed by atoms with Crippen LogP contribution in [0.5, 0.6) is 5.75 Å². The van der Waals surface area contributed by atoms with Gasteiger partial charge in [0.2, 0.25) is 0 Å². The van der Waals surface area contributed by atoms with E-state index in [1.165, 1.54) is 0 Å². The van der Waals surface area contributed by atoms with Gasteiger partial charge >= 0.3 is 0 Å². The number of carbonyl (C=O) groups excluding carboxylic acids is 1. The number of rotatable bonds is 5. The van der Waals surface area contributed by atoms with Crippen LogP contribution in [0.3, 0.4) is 0 Å². The third-order valence-electron chi connectivity index (χ3n) is 2.86. The predicted molar refractivity (Wildman–Crippen MR) is 73.3 cm³/mol. The average Bonchev–Trinajstić information content (AvgIpc) is 2.73. The van der Waals surface area contributed by atoms with Crippen LogP contribution in [-0.4, -0.2) is 17.4 Å². The van der Waals surface area contributed by atoms with Crippen molar-refractivity contribution in [2.75, 3.05) is 6.61 Å². The Morgan fingerprint density at radius 1 is 1.39 bits per heavy atom. The van der Waals surface area contributed by atoms with Crippen LogP contribution in [0.25, 0.3) is 10.9 Å². The maximum Gasteiger partial charge on any atom is 0.165 e. The summed E-state index contributed by atoms with van der Waals surface area (Å²) in [7, 11) is 0. The molecule has 2 rings (SSSR count). The van der Waals surface area contributed by atoms with Gasteiger partial charge in [-0.1, -0.05) is 19.9 Å². The molecule has 3 nitrogen and oxygen atoms in total. The normalized spacial score (nSPS) is 11.1. The number of nitrogens with one attached hydrogen (secondary N) is 1. The number of H-pyrrole nitrogens is 1. The summed E-state index contributed by atoms with van der Waals surface area (Å²) in [6.45, 7) is 6.65. The van der Waals surface area contributed by atoms with E-state index in [0.717, 1.165) is 22.2 Å². The first kappa shape index (κ1) is 12.7. The summed E-state index contributed by atoms with van der Waals surface area (Å²) in [4.78, 5) is 15.4. The number of ketones is 1. The van der Waals surface area contributed by atoms with E-state index >= 15 is 0 Å². The molecule has 1 heterocycles. The third-order valence-corrected chi connectivity index (χ3v) is 2.86. The van der Waals surface area contributed by atoms with Crippen LogP contribution < -0.4 is 4.74 Å². The number of benzene rings is 1. The van der Waals surface area contributed by atoms with Crippen molar-refractivity contribution in [3.8, 4) is 5.75 Å². The molecule has 0 fully saturated rings. The highest BCUT2D eigenvalue weighted by atomic mass is 16.5. The summed E-state index contributed by atoms with van der Waals surface area (Å²) >= 11 is 0. The van der Waals surface area contributed by atoms with Gasteiger partial charge in [0.15, 0.2) is 5.78 Å². The summed E-state index contributed by atoms with van der Waals surface area (Å²) in [6.07, 6.45) is 2.35. The molecule has 0 radical (unpaired) electrons. The van der Waals surface area contributed by atoms with Gasteiger partial charge < -0.3 is 9.72 Å². The molecule has 3 heteroatoms. The lowest BCUT2D eigenvalue weighted by atomic mass is 10.0. The van der Waals surface area contributed by atoms with Gasteiger partial charge in [-0.15, -0.1) is 0 Å². The van der Waals surface area contributed by atoms with Crippen LogP contribution >= 0.6 is 0 Å². The van der Waals surface area contributed by atoms with E-state index < -0.39 is 0 Å². The summed E-state index contributed by atoms with van der Waals surface area (Å²) < 4.78 is 5.60. The fraction of sp³-hybridized carbons (Fsp3) is 0.400. The molecule has 18 heavy (non-hydrogen) atoms. The van der Waals surface area contributed by atoms with E-state index in [2.05, 4.69) is 18.8 Å². The second kappa shape index (κ2) is 5.25. The number of hydrogen-bond donors (Lipinski definition) is 1. The molecule has 0 aliphatic carbocycles. The standard InChI is InChI=1S/C15H19NO2/c1-4-18-14-7-5-6-12-15(14)11(9-16-12)13(17)8-10(2)3/h5-7,9-10,16H,4,8H2,1-3H3. The zero-order valence-electron chi connectivity index (χ0n) is 11.1. The topological polar surface area (TPSA) is 42.1 Å². The number of carbonyl (C=O) groups is 1. The van der Waals surface area contributed by atoms with Crippen LogP contribution in [-0.2, 0) is 0 Å². The number of aromatic nitrogens is 1. The van der Waals surface area contributed by atoms with Gasteiger partial charge in [0.05, 0.1) is 12.0 Å². The summed E-state index contributed by atoms with van der Waals surface area (Å²) in [6, 6.07) is 5.80. The van der Waals surface area contributed by atoms with Gasteiger partial charge in [-0.05, 0) is 25.0 Å².